The van der Waals surface area contributed by atoms with Crippen molar-refractivity contribution in [2.24, 2.45) is 0 Å². The molecule has 0 amide bonds. The highest BCUT2D eigenvalue weighted by Gasteiger charge is 1.99. The molecule has 1 N–H and O–H groups in total. The van der Waals surface area contributed by atoms with Crippen molar-refractivity contribution in [3.63, 3.8) is 0 Å². The maximum atomic E-state index is 4.91. The number of rotatable bonds is 5. The van der Waals surface area contributed by atoms with Gasteiger partial charge in [-0.3, -0.25) is 0 Å². The second-order valence-corrected chi connectivity index (χ2v) is 2.93. The van der Waals surface area contributed by atoms with Crippen molar-refractivity contribution in [2.75, 3.05) is 11.9 Å². The van der Waals surface area contributed by atoms with E-state index < -0.39 is 0 Å². The van der Waals surface area contributed by atoms with E-state index in [9.17, 15) is 0 Å². The molecule has 0 aliphatic heterocycles. The SMILES string of the molecule is CCCCCNc1cnoc1C. The Bertz CT molecular complexity index is 220. The van der Waals surface area contributed by atoms with Crippen LogP contribution in [-0.4, -0.2) is 11.7 Å². The molecule has 1 aromatic rings. The molecule has 3 nitrogen and oxygen atoms in total. The highest BCUT2D eigenvalue weighted by atomic mass is 16.5. The van der Waals surface area contributed by atoms with Gasteiger partial charge in [-0.25, -0.2) is 0 Å². The minimum Gasteiger partial charge on any atom is -0.381 e. The highest BCUT2D eigenvalue weighted by molar-refractivity contribution is 5.43. The molecule has 0 fully saturated rings. The second kappa shape index (κ2) is 4.80. The summed E-state index contributed by atoms with van der Waals surface area (Å²) in [6.07, 6.45) is 5.46. The van der Waals surface area contributed by atoms with Gasteiger partial charge in [-0.1, -0.05) is 24.9 Å². The van der Waals surface area contributed by atoms with E-state index >= 15 is 0 Å². The summed E-state index contributed by atoms with van der Waals surface area (Å²) in [5, 5.41) is 6.95. The number of aromatic nitrogens is 1. The van der Waals surface area contributed by atoms with Gasteiger partial charge in [0, 0.05) is 6.54 Å². The lowest BCUT2D eigenvalue weighted by molar-refractivity contribution is 0.398. The van der Waals surface area contributed by atoms with Crippen LogP contribution < -0.4 is 5.32 Å². The van der Waals surface area contributed by atoms with Gasteiger partial charge >= 0.3 is 0 Å². The number of hydrogen-bond acceptors (Lipinski definition) is 3. The average Bonchev–Trinajstić information content (AvgIpc) is 2.46. The molecule has 0 aliphatic rings. The number of anilines is 1. The minimum absolute atomic E-state index is 0.867. The predicted octanol–water partition coefficient (Wildman–Crippen LogP) is 2.59. The van der Waals surface area contributed by atoms with Gasteiger partial charge in [-0.15, -0.1) is 0 Å². The summed E-state index contributed by atoms with van der Waals surface area (Å²) < 4.78 is 4.91. The third kappa shape index (κ3) is 2.57. The van der Waals surface area contributed by atoms with Gasteiger partial charge in [0.1, 0.15) is 0 Å². The molecule has 0 aromatic carbocycles. The minimum atomic E-state index is 0.867. The predicted molar refractivity (Wildman–Crippen MR) is 49.3 cm³/mol. The van der Waals surface area contributed by atoms with Gasteiger partial charge in [0.25, 0.3) is 0 Å². The summed E-state index contributed by atoms with van der Waals surface area (Å²) in [6, 6.07) is 0. The number of unbranched alkanes of at least 4 members (excludes halogenated alkanes) is 2. The number of nitrogens with one attached hydrogen (secondary N) is 1. The van der Waals surface area contributed by atoms with Crippen LogP contribution in [0, 0.1) is 6.92 Å². The Labute approximate surface area is 73.1 Å². The number of nitrogens with zero attached hydrogens (tertiary/aromatic N) is 1. The van der Waals surface area contributed by atoms with E-state index in [2.05, 4.69) is 17.4 Å². The van der Waals surface area contributed by atoms with Crippen molar-refractivity contribution in [1.29, 1.82) is 0 Å². The van der Waals surface area contributed by atoms with Crippen LogP contribution in [0.15, 0.2) is 10.7 Å². The monoisotopic (exact) mass is 168 g/mol. The zero-order valence-corrected chi connectivity index (χ0v) is 7.76. The first-order valence-corrected chi connectivity index (χ1v) is 4.49. The van der Waals surface area contributed by atoms with Crippen LogP contribution in [0.1, 0.15) is 31.9 Å². The van der Waals surface area contributed by atoms with E-state index in [1.54, 1.807) is 6.20 Å². The number of hydrogen-bond donors (Lipinski definition) is 1. The van der Waals surface area contributed by atoms with E-state index in [0.29, 0.717) is 0 Å². The Morgan fingerprint density at radius 2 is 2.33 bits per heavy atom. The Kier molecular flexibility index (Phi) is 3.64. The van der Waals surface area contributed by atoms with Crippen LogP contribution in [0.3, 0.4) is 0 Å². The fraction of sp³-hybridized carbons (Fsp3) is 0.667. The summed E-state index contributed by atoms with van der Waals surface area (Å²) in [5.74, 6) is 0.867. The van der Waals surface area contributed by atoms with E-state index in [4.69, 9.17) is 4.52 Å². The molecule has 1 heterocycles. The van der Waals surface area contributed by atoms with Crippen LogP contribution in [0.25, 0.3) is 0 Å². The Hall–Kier alpha value is -0.990. The van der Waals surface area contributed by atoms with Crippen LogP contribution in [0.4, 0.5) is 5.69 Å². The second-order valence-electron chi connectivity index (χ2n) is 2.93. The summed E-state index contributed by atoms with van der Waals surface area (Å²) >= 11 is 0. The standard InChI is InChI=1S/C9H16N2O/c1-3-4-5-6-10-9-7-11-12-8(9)2/h7,10H,3-6H2,1-2H3. The molecule has 0 bridgehead atoms. The fourth-order valence-corrected chi connectivity index (χ4v) is 1.07. The molecule has 1 aromatic heterocycles. The molecule has 3 heteroatoms. The lowest BCUT2D eigenvalue weighted by atomic mass is 10.2. The summed E-state index contributed by atoms with van der Waals surface area (Å²) in [5.41, 5.74) is 1.02. The molecule has 1 rings (SSSR count). The molecule has 0 spiro atoms. The molecule has 12 heavy (non-hydrogen) atoms. The normalized spacial score (nSPS) is 10.2. The first-order valence-electron chi connectivity index (χ1n) is 4.49. The third-order valence-corrected chi connectivity index (χ3v) is 1.85. The average molecular weight is 168 g/mol. The molecule has 0 aliphatic carbocycles. The Balaban J connectivity index is 2.20. The molecule has 0 unspecified atom stereocenters. The first kappa shape index (κ1) is 9.10. The quantitative estimate of drug-likeness (QED) is 0.687. The molecule has 0 saturated heterocycles. The summed E-state index contributed by atoms with van der Waals surface area (Å²) in [6.45, 7) is 5.12. The maximum absolute atomic E-state index is 4.91. The maximum Gasteiger partial charge on any atom is 0.156 e. The largest absolute Gasteiger partial charge is 0.381 e. The zero-order chi connectivity index (χ0) is 8.81. The molecule has 68 valence electrons. The lowest BCUT2D eigenvalue weighted by Gasteiger charge is -2.01. The van der Waals surface area contributed by atoms with E-state index in [-0.39, 0.29) is 0 Å². The van der Waals surface area contributed by atoms with Crippen molar-refractivity contribution in [3.05, 3.63) is 12.0 Å². The number of aryl methyl sites for hydroxylation is 1. The molecule has 0 atom stereocenters. The zero-order valence-electron chi connectivity index (χ0n) is 7.76. The van der Waals surface area contributed by atoms with Crippen molar-refractivity contribution in [3.8, 4) is 0 Å². The van der Waals surface area contributed by atoms with Gasteiger partial charge < -0.3 is 9.84 Å². The van der Waals surface area contributed by atoms with Crippen LogP contribution in [0.5, 0.6) is 0 Å². The summed E-state index contributed by atoms with van der Waals surface area (Å²) in [7, 11) is 0. The lowest BCUT2D eigenvalue weighted by Crippen LogP contribution is -2.00. The van der Waals surface area contributed by atoms with E-state index in [1.165, 1.54) is 19.3 Å². The van der Waals surface area contributed by atoms with E-state index in [0.717, 1.165) is 18.0 Å². The first-order chi connectivity index (χ1) is 5.84. The molecule has 0 saturated carbocycles. The van der Waals surface area contributed by atoms with Crippen molar-refractivity contribution >= 4 is 5.69 Å². The Morgan fingerprint density at radius 3 is 2.92 bits per heavy atom. The van der Waals surface area contributed by atoms with Gasteiger partial charge in [0.05, 0.1) is 11.9 Å². The van der Waals surface area contributed by atoms with E-state index in [1.807, 2.05) is 6.92 Å². The van der Waals surface area contributed by atoms with Crippen LogP contribution >= 0.6 is 0 Å². The van der Waals surface area contributed by atoms with Gasteiger partial charge in [-0.05, 0) is 13.3 Å². The van der Waals surface area contributed by atoms with Gasteiger partial charge in [-0.2, -0.15) is 0 Å². The molecular weight excluding hydrogens is 152 g/mol. The Morgan fingerprint density at radius 1 is 1.50 bits per heavy atom. The molecule has 0 radical (unpaired) electrons. The highest BCUT2D eigenvalue weighted by Crippen LogP contribution is 2.12. The van der Waals surface area contributed by atoms with Crippen molar-refractivity contribution in [2.45, 2.75) is 33.1 Å². The summed E-state index contributed by atoms with van der Waals surface area (Å²) in [4.78, 5) is 0. The van der Waals surface area contributed by atoms with Crippen molar-refractivity contribution in [1.82, 2.24) is 5.16 Å². The third-order valence-electron chi connectivity index (χ3n) is 1.85. The smallest absolute Gasteiger partial charge is 0.156 e. The van der Waals surface area contributed by atoms with Gasteiger partial charge in [0.15, 0.2) is 5.76 Å². The fourth-order valence-electron chi connectivity index (χ4n) is 1.07. The molecular formula is C9H16N2O. The topological polar surface area (TPSA) is 38.1 Å². The van der Waals surface area contributed by atoms with Crippen molar-refractivity contribution < 1.29 is 4.52 Å². The van der Waals surface area contributed by atoms with Gasteiger partial charge in [0.2, 0.25) is 0 Å². The van der Waals surface area contributed by atoms with Crippen LogP contribution in [0.2, 0.25) is 0 Å². The van der Waals surface area contributed by atoms with Crippen LogP contribution in [-0.2, 0) is 0 Å².